The van der Waals surface area contributed by atoms with Crippen molar-refractivity contribution in [3.8, 4) is 5.75 Å². The van der Waals surface area contributed by atoms with Gasteiger partial charge in [-0.1, -0.05) is 26.8 Å². The number of benzene rings is 1. The number of carboxylic acid groups (broad SMARTS) is 1. The Morgan fingerprint density at radius 1 is 1.21 bits per heavy atom. The fourth-order valence-corrected chi connectivity index (χ4v) is 5.54. The van der Waals surface area contributed by atoms with Crippen LogP contribution >= 0.6 is 0 Å². The van der Waals surface area contributed by atoms with Gasteiger partial charge in [-0.05, 0) is 42.9 Å². The molecule has 0 radical (unpaired) electrons. The number of aliphatic hydroxyl groups excluding tert-OH is 2. The number of carboxylic acids is 1. The number of aliphatic carboxylic acids is 1. The van der Waals surface area contributed by atoms with Crippen LogP contribution in [0.15, 0.2) is 12.1 Å². The number of fused-ring (bicyclic) bond motifs is 3. The average Bonchev–Trinajstić information content (AvgIpc) is 2.61. The van der Waals surface area contributed by atoms with E-state index in [9.17, 15) is 30.0 Å². The van der Waals surface area contributed by atoms with Gasteiger partial charge in [-0.15, -0.1) is 0 Å². The molecule has 0 heterocycles. The zero-order valence-electron chi connectivity index (χ0n) is 17.5. The molecule has 29 heavy (non-hydrogen) atoms. The van der Waals surface area contributed by atoms with Crippen molar-refractivity contribution in [2.24, 2.45) is 11.3 Å². The molecule has 1 aromatic carbocycles. The summed E-state index contributed by atoms with van der Waals surface area (Å²) in [5.74, 6) is -2.69. The number of carbonyl (C=O) groups is 2. The Morgan fingerprint density at radius 2 is 1.83 bits per heavy atom. The third kappa shape index (κ3) is 3.02. The van der Waals surface area contributed by atoms with Gasteiger partial charge in [0.15, 0.2) is 0 Å². The van der Waals surface area contributed by atoms with Crippen molar-refractivity contribution >= 4 is 11.9 Å². The highest BCUT2D eigenvalue weighted by atomic mass is 16.6. The van der Waals surface area contributed by atoms with Crippen molar-refractivity contribution in [2.75, 3.05) is 0 Å². The van der Waals surface area contributed by atoms with E-state index in [1.165, 1.54) is 6.92 Å². The summed E-state index contributed by atoms with van der Waals surface area (Å²) in [6.07, 6.45) is -3.08. The number of hydrogen-bond donors (Lipinski definition) is 4. The van der Waals surface area contributed by atoms with Gasteiger partial charge in [0, 0.05) is 23.8 Å². The number of hydrogen-bond acceptors (Lipinski definition) is 6. The Hall–Kier alpha value is -2.12. The zero-order chi connectivity index (χ0) is 21.9. The molecule has 1 aromatic rings. The highest BCUT2D eigenvalue weighted by molar-refractivity contribution is 5.76. The molecule has 0 spiro atoms. The predicted molar refractivity (Wildman–Crippen MR) is 105 cm³/mol. The molecule has 3 rings (SSSR count). The van der Waals surface area contributed by atoms with Crippen molar-refractivity contribution in [2.45, 2.75) is 77.1 Å². The van der Waals surface area contributed by atoms with Crippen LogP contribution in [-0.4, -0.2) is 44.6 Å². The lowest BCUT2D eigenvalue weighted by molar-refractivity contribution is -0.197. The minimum Gasteiger partial charge on any atom is -0.508 e. The lowest BCUT2D eigenvalue weighted by Gasteiger charge is -2.58. The molecule has 0 bridgehead atoms. The fraction of sp³-hybridized carbons (Fsp3) is 0.636. The maximum Gasteiger partial charge on any atom is 0.309 e. The molecule has 7 nitrogen and oxygen atoms in total. The first-order valence-electron chi connectivity index (χ1n) is 9.99. The third-order valence-corrected chi connectivity index (χ3v) is 7.09. The number of rotatable bonds is 3. The van der Waals surface area contributed by atoms with Gasteiger partial charge in [0.1, 0.15) is 18.0 Å². The van der Waals surface area contributed by atoms with Crippen LogP contribution in [0.4, 0.5) is 0 Å². The molecular formula is C22H30O7. The SMILES string of the molecule is CC(=O)O[C@H]1[C@@H](O)c2cc(C(C)C)cc(O)c2[C@@]2(C)[C@H](O)CC[C@](C)(C(=O)O)[C@@H]12. The van der Waals surface area contributed by atoms with E-state index >= 15 is 0 Å². The normalized spacial score (nSPS) is 36.3. The summed E-state index contributed by atoms with van der Waals surface area (Å²) >= 11 is 0. The van der Waals surface area contributed by atoms with Crippen molar-refractivity contribution in [1.29, 1.82) is 0 Å². The number of phenols is 1. The molecule has 0 unspecified atom stereocenters. The van der Waals surface area contributed by atoms with Crippen LogP contribution in [-0.2, 0) is 19.7 Å². The number of esters is 1. The highest BCUT2D eigenvalue weighted by Gasteiger charge is 2.66. The van der Waals surface area contributed by atoms with E-state index in [4.69, 9.17) is 4.74 Å². The van der Waals surface area contributed by atoms with E-state index in [1.807, 2.05) is 13.8 Å². The predicted octanol–water partition coefficient (Wildman–Crippen LogP) is 2.61. The average molecular weight is 406 g/mol. The Morgan fingerprint density at radius 3 is 2.34 bits per heavy atom. The summed E-state index contributed by atoms with van der Waals surface area (Å²) in [7, 11) is 0. The van der Waals surface area contributed by atoms with Gasteiger partial charge in [-0.2, -0.15) is 0 Å². The lowest BCUT2D eigenvalue weighted by Crippen LogP contribution is -2.64. The number of aromatic hydroxyl groups is 1. The van der Waals surface area contributed by atoms with Crippen LogP contribution in [0.5, 0.6) is 5.75 Å². The molecule has 0 aromatic heterocycles. The molecule has 160 valence electrons. The largest absolute Gasteiger partial charge is 0.508 e. The second kappa shape index (κ2) is 6.99. The minimum absolute atomic E-state index is 0.0664. The van der Waals surface area contributed by atoms with Gasteiger partial charge in [-0.25, -0.2) is 0 Å². The van der Waals surface area contributed by atoms with Gasteiger partial charge >= 0.3 is 11.9 Å². The number of ether oxygens (including phenoxy) is 1. The summed E-state index contributed by atoms with van der Waals surface area (Å²) in [4.78, 5) is 24.2. The number of aliphatic hydroxyl groups is 2. The van der Waals surface area contributed by atoms with Crippen molar-refractivity contribution in [3.05, 3.63) is 28.8 Å². The molecule has 6 atom stereocenters. The van der Waals surface area contributed by atoms with Gasteiger partial charge < -0.3 is 25.2 Å². The minimum atomic E-state index is -1.37. The molecule has 1 fully saturated rings. The van der Waals surface area contributed by atoms with E-state index in [-0.39, 0.29) is 24.5 Å². The highest BCUT2D eigenvalue weighted by Crippen LogP contribution is 2.62. The van der Waals surface area contributed by atoms with E-state index in [1.54, 1.807) is 26.0 Å². The van der Waals surface area contributed by atoms with E-state index in [0.29, 0.717) is 11.1 Å². The Kier molecular flexibility index (Phi) is 5.20. The van der Waals surface area contributed by atoms with Crippen molar-refractivity contribution in [1.82, 2.24) is 0 Å². The summed E-state index contributed by atoms with van der Waals surface area (Å²) in [5, 5.41) is 43.2. The van der Waals surface area contributed by atoms with Gasteiger partial charge in [0.2, 0.25) is 0 Å². The lowest BCUT2D eigenvalue weighted by atomic mass is 9.47. The summed E-state index contributed by atoms with van der Waals surface area (Å²) in [5.41, 5.74) is -1.10. The zero-order valence-corrected chi connectivity index (χ0v) is 17.5. The Bertz CT molecular complexity index is 848. The summed E-state index contributed by atoms with van der Waals surface area (Å²) in [6.45, 7) is 8.35. The standard InChI is InChI=1S/C22H30O7/c1-10(2)12-8-13-16(14(24)9-12)22(5)15(25)6-7-21(4,20(27)28)19(22)18(17(13)26)29-11(3)23/h8-10,15,17-19,24-26H,6-7H2,1-5H3,(H,27,28)/t15-,17+,18+,19-,21+,22-/m1/s1. The quantitative estimate of drug-likeness (QED) is 0.569. The van der Waals surface area contributed by atoms with Gasteiger partial charge in [0.05, 0.1) is 11.5 Å². The van der Waals surface area contributed by atoms with Gasteiger partial charge in [-0.3, -0.25) is 9.59 Å². The summed E-state index contributed by atoms with van der Waals surface area (Å²) < 4.78 is 5.48. The molecule has 4 N–H and O–H groups in total. The first-order chi connectivity index (χ1) is 13.4. The summed E-state index contributed by atoms with van der Waals surface area (Å²) in [6, 6.07) is 3.35. The van der Waals surface area contributed by atoms with E-state index in [0.717, 1.165) is 5.56 Å². The third-order valence-electron chi connectivity index (χ3n) is 7.09. The van der Waals surface area contributed by atoms with Crippen LogP contribution < -0.4 is 0 Å². The number of carbonyl (C=O) groups excluding carboxylic acids is 1. The van der Waals surface area contributed by atoms with Crippen LogP contribution in [0.25, 0.3) is 0 Å². The second-order valence-electron chi connectivity index (χ2n) is 9.22. The fourth-order valence-electron chi connectivity index (χ4n) is 5.54. The van der Waals surface area contributed by atoms with Crippen LogP contribution in [0, 0.1) is 11.3 Å². The first kappa shape index (κ1) is 21.6. The Balaban J connectivity index is 2.36. The van der Waals surface area contributed by atoms with Crippen LogP contribution in [0.1, 0.15) is 76.2 Å². The number of phenolic OH excluding ortho intramolecular Hbond substituents is 1. The maximum absolute atomic E-state index is 12.3. The van der Waals surface area contributed by atoms with Crippen molar-refractivity contribution in [3.63, 3.8) is 0 Å². The smallest absolute Gasteiger partial charge is 0.309 e. The Labute approximate surface area is 170 Å². The molecule has 0 saturated heterocycles. The van der Waals surface area contributed by atoms with Crippen LogP contribution in [0.3, 0.4) is 0 Å². The molecule has 0 amide bonds. The molecular weight excluding hydrogens is 376 g/mol. The molecule has 0 aliphatic heterocycles. The van der Waals surface area contributed by atoms with E-state index in [2.05, 4.69) is 0 Å². The topological polar surface area (TPSA) is 124 Å². The van der Waals surface area contributed by atoms with E-state index < -0.39 is 47.0 Å². The maximum atomic E-state index is 12.3. The molecule has 2 aliphatic carbocycles. The molecule has 7 heteroatoms. The molecule has 2 aliphatic rings. The second-order valence-corrected chi connectivity index (χ2v) is 9.22. The van der Waals surface area contributed by atoms with Gasteiger partial charge in [0.25, 0.3) is 0 Å². The van der Waals surface area contributed by atoms with Crippen LogP contribution in [0.2, 0.25) is 0 Å². The monoisotopic (exact) mass is 406 g/mol. The first-order valence-corrected chi connectivity index (χ1v) is 9.99. The van der Waals surface area contributed by atoms with Crippen molar-refractivity contribution < 1.29 is 34.8 Å². The molecule has 1 saturated carbocycles.